The van der Waals surface area contributed by atoms with Gasteiger partial charge in [-0.15, -0.1) is 0 Å². The zero-order valence-electron chi connectivity index (χ0n) is 27.8. The van der Waals surface area contributed by atoms with E-state index in [-0.39, 0.29) is 5.92 Å². The number of pyridine rings is 1. The van der Waals surface area contributed by atoms with Gasteiger partial charge in [0.2, 0.25) is 0 Å². The molecule has 4 heterocycles. The Kier molecular flexibility index (Phi) is 5.40. The van der Waals surface area contributed by atoms with Gasteiger partial charge in [-0.1, -0.05) is 109 Å². The van der Waals surface area contributed by atoms with Crippen LogP contribution in [-0.2, 0) is 6.42 Å². The maximum Gasteiger partial charge on any atom is 0.145 e. The first-order valence-corrected chi connectivity index (χ1v) is 18.0. The summed E-state index contributed by atoms with van der Waals surface area (Å²) in [6.07, 6.45) is 4.17. The number of benzene rings is 7. The number of para-hydroxylation sites is 4. The minimum atomic E-state index is 0.152. The van der Waals surface area contributed by atoms with Crippen LogP contribution in [0.4, 0.5) is 0 Å². The van der Waals surface area contributed by atoms with Gasteiger partial charge in [-0.3, -0.25) is 4.57 Å². The molecule has 0 N–H and O–H groups in total. The molecule has 1 aliphatic carbocycles. The Morgan fingerprint density at radius 2 is 1.20 bits per heavy atom. The first-order valence-electron chi connectivity index (χ1n) is 18.0. The predicted octanol–water partition coefficient (Wildman–Crippen LogP) is 12.2. The van der Waals surface area contributed by atoms with Crippen LogP contribution in [-0.4, -0.2) is 14.0 Å². The Labute approximate surface area is 294 Å². The third kappa shape index (κ3) is 3.60. The lowest BCUT2D eigenvalue weighted by Gasteiger charge is -2.21. The fraction of sp³-hybridized carbons (Fsp3) is 0.0625. The van der Waals surface area contributed by atoms with E-state index in [1.807, 2.05) is 0 Å². The number of fused-ring (bicyclic) bond motifs is 15. The van der Waals surface area contributed by atoms with E-state index in [4.69, 9.17) is 4.98 Å². The molecule has 0 saturated carbocycles. The van der Waals surface area contributed by atoms with E-state index in [0.29, 0.717) is 0 Å². The fourth-order valence-electron chi connectivity index (χ4n) is 9.64. The van der Waals surface area contributed by atoms with E-state index in [1.165, 1.54) is 93.0 Å². The summed E-state index contributed by atoms with van der Waals surface area (Å²) in [6.45, 7) is 0. The van der Waals surface area contributed by atoms with Crippen molar-refractivity contribution >= 4 is 70.8 Å². The van der Waals surface area contributed by atoms with Crippen LogP contribution in [0.1, 0.15) is 29.0 Å². The Balaban J connectivity index is 1.22. The second kappa shape index (κ2) is 10.1. The van der Waals surface area contributed by atoms with Gasteiger partial charge in [0.15, 0.2) is 0 Å². The Hall–Kier alpha value is -6.45. The van der Waals surface area contributed by atoms with Crippen molar-refractivity contribution in [3.63, 3.8) is 0 Å². The summed E-state index contributed by atoms with van der Waals surface area (Å²) in [7, 11) is 0. The molecule has 0 amide bonds. The number of aryl methyl sites for hydroxylation is 1. The third-order valence-electron chi connectivity index (χ3n) is 11.7. The monoisotopic (exact) mass is 649 g/mol. The molecule has 51 heavy (non-hydrogen) atoms. The van der Waals surface area contributed by atoms with Crippen LogP contribution in [0.2, 0.25) is 0 Å². The molecule has 1 atom stereocenters. The molecule has 0 fully saturated rings. The van der Waals surface area contributed by atoms with E-state index in [2.05, 4.69) is 167 Å². The summed E-state index contributed by atoms with van der Waals surface area (Å²) >= 11 is 0. The molecule has 3 heteroatoms. The molecule has 1 unspecified atom stereocenters. The minimum Gasteiger partial charge on any atom is -0.308 e. The van der Waals surface area contributed by atoms with Crippen molar-refractivity contribution in [2.24, 2.45) is 0 Å². The van der Waals surface area contributed by atoms with Crippen LogP contribution in [0, 0.1) is 0 Å². The van der Waals surface area contributed by atoms with Crippen LogP contribution in [0.3, 0.4) is 0 Å². The van der Waals surface area contributed by atoms with E-state index in [1.54, 1.807) is 0 Å². The molecule has 11 aromatic rings. The maximum absolute atomic E-state index is 5.34. The quantitative estimate of drug-likeness (QED) is 0.183. The highest BCUT2D eigenvalue weighted by Crippen LogP contribution is 2.52. The average Bonchev–Trinajstić information content (AvgIpc) is 3.79. The van der Waals surface area contributed by atoms with Crippen LogP contribution < -0.4 is 0 Å². The van der Waals surface area contributed by atoms with E-state index in [9.17, 15) is 0 Å². The number of hydrogen-bond donors (Lipinski definition) is 0. The molecule has 0 saturated heterocycles. The lowest BCUT2D eigenvalue weighted by atomic mass is 9.82. The van der Waals surface area contributed by atoms with Crippen molar-refractivity contribution in [2.75, 3.05) is 0 Å². The van der Waals surface area contributed by atoms with Crippen LogP contribution in [0.5, 0.6) is 0 Å². The summed E-state index contributed by atoms with van der Waals surface area (Å²) in [5.41, 5.74) is 14.1. The van der Waals surface area contributed by atoms with Gasteiger partial charge in [-0.05, 0) is 93.9 Å². The second-order valence-electron chi connectivity index (χ2n) is 14.2. The summed E-state index contributed by atoms with van der Waals surface area (Å²) in [6, 6.07) is 56.0. The highest BCUT2D eigenvalue weighted by Gasteiger charge is 2.31. The normalized spacial score (nSPS) is 14.7. The van der Waals surface area contributed by atoms with Crippen molar-refractivity contribution in [2.45, 2.75) is 18.8 Å². The van der Waals surface area contributed by atoms with Gasteiger partial charge in [0, 0.05) is 50.1 Å². The van der Waals surface area contributed by atoms with Gasteiger partial charge in [0.05, 0.1) is 22.1 Å². The van der Waals surface area contributed by atoms with Crippen LogP contribution in [0.15, 0.2) is 158 Å². The van der Waals surface area contributed by atoms with E-state index >= 15 is 0 Å². The first-order chi connectivity index (χ1) is 25.3. The van der Waals surface area contributed by atoms with Crippen molar-refractivity contribution in [3.8, 4) is 16.8 Å². The van der Waals surface area contributed by atoms with Crippen molar-refractivity contribution in [3.05, 3.63) is 175 Å². The first kappa shape index (κ1) is 27.4. The molecule has 0 aliphatic heterocycles. The number of aromatic nitrogens is 3. The molecular formula is C48H31N3. The van der Waals surface area contributed by atoms with Crippen molar-refractivity contribution < 1.29 is 0 Å². The number of nitrogens with zero attached hydrogens (tertiary/aromatic N) is 3. The lowest BCUT2D eigenvalue weighted by molar-refractivity contribution is 0.731. The highest BCUT2D eigenvalue weighted by molar-refractivity contribution is 6.26. The van der Waals surface area contributed by atoms with Gasteiger partial charge in [0.1, 0.15) is 5.65 Å². The highest BCUT2D eigenvalue weighted by atomic mass is 15.0. The Morgan fingerprint density at radius 1 is 0.529 bits per heavy atom. The van der Waals surface area contributed by atoms with Gasteiger partial charge < -0.3 is 4.40 Å². The molecule has 0 bridgehead atoms. The standard InChI is InChI=1S/C48H31N3/c1-2-13-31(14-3-1)50-42-19-9-7-17-37(42)41-26-30(28-49-48(41)50)33-24-25-34-32-15-5-4-12-29(32)22-23-35(34)39-27-40-36-16-6-10-20-43(36)51-44-21-11-8-18-38(44)46(45(33)39)47(40)51/h1-23,26-28,33H,24-25H2. The van der Waals surface area contributed by atoms with Crippen LogP contribution >= 0.6 is 0 Å². The Morgan fingerprint density at radius 3 is 2.02 bits per heavy atom. The third-order valence-corrected chi connectivity index (χ3v) is 11.7. The van der Waals surface area contributed by atoms with Gasteiger partial charge in [-0.25, -0.2) is 4.98 Å². The summed E-state index contributed by atoms with van der Waals surface area (Å²) in [5, 5.41) is 10.4. The molecule has 0 radical (unpaired) electrons. The average molecular weight is 650 g/mol. The summed E-state index contributed by atoms with van der Waals surface area (Å²) < 4.78 is 4.84. The largest absolute Gasteiger partial charge is 0.308 e. The zero-order chi connectivity index (χ0) is 33.2. The van der Waals surface area contributed by atoms with Gasteiger partial charge in [0.25, 0.3) is 0 Å². The van der Waals surface area contributed by atoms with Crippen LogP contribution in [0.25, 0.3) is 87.6 Å². The minimum absolute atomic E-state index is 0.152. The van der Waals surface area contributed by atoms with Gasteiger partial charge >= 0.3 is 0 Å². The number of rotatable bonds is 2. The summed E-state index contributed by atoms with van der Waals surface area (Å²) in [5.74, 6) is 0.152. The molecule has 4 aromatic heterocycles. The molecule has 12 rings (SSSR count). The molecule has 3 nitrogen and oxygen atoms in total. The maximum atomic E-state index is 5.34. The van der Waals surface area contributed by atoms with Gasteiger partial charge in [-0.2, -0.15) is 0 Å². The van der Waals surface area contributed by atoms with E-state index in [0.717, 1.165) is 24.2 Å². The van der Waals surface area contributed by atoms with Crippen molar-refractivity contribution in [1.29, 1.82) is 0 Å². The topological polar surface area (TPSA) is 22.2 Å². The van der Waals surface area contributed by atoms with Crippen molar-refractivity contribution in [1.82, 2.24) is 14.0 Å². The molecular weight excluding hydrogens is 619 g/mol. The molecule has 7 aromatic carbocycles. The lowest BCUT2D eigenvalue weighted by Crippen LogP contribution is -2.04. The Bertz CT molecular complexity index is 3200. The number of hydrogen-bond acceptors (Lipinski definition) is 1. The molecule has 0 spiro atoms. The molecule has 1 aliphatic rings. The zero-order valence-corrected chi connectivity index (χ0v) is 27.8. The SMILES string of the molecule is c1ccc(-n2c3ccccc3c3cc(C4CCc5c(ccc6ccccc56)-c5cc6c7ccccc7n7c8ccccc8c(c54)c67)cnc32)cc1. The smallest absolute Gasteiger partial charge is 0.145 e. The molecule has 238 valence electrons. The summed E-state index contributed by atoms with van der Waals surface area (Å²) in [4.78, 5) is 5.34. The fourth-order valence-corrected chi connectivity index (χ4v) is 9.64. The van der Waals surface area contributed by atoms with E-state index < -0.39 is 0 Å². The predicted molar refractivity (Wildman–Crippen MR) is 213 cm³/mol. The second-order valence-corrected chi connectivity index (χ2v) is 14.2.